The summed E-state index contributed by atoms with van der Waals surface area (Å²) < 4.78 is 0. The van der Waals surface area contributed by atoms with E-state index in [4.69, 9.17) is 0 Å². The number of hydrogen-bond donors (Lipinski definition) is 5. The third-order valence-electron chi connectivity index (χ3n) is 11.0. The van der Waals surface area contributed by atoms with E-state index in [9.17, 15) is 25.2 Å². The molecule has 52 heavy (non-hydrogen) atoms. The highest BCUT2D eigenvalue weighted by Gasteiger charge is 2.28. The second kappa shape index (κ2) is 41.2. The maximum absolute atomic E-state index is 12.5. The smallest absolute Gasteiger partial charge is 0.249 e. The van der Waals surface area contributed by atoms with Crippen molar-refractivity contribution in [1.82, 2.24) is 5.32 Å². The van der Waals surface area contributed by atoms with Crippen LogP contribution >= 0.6 is 0 Å². The lowest BCUT2D eigenvalue weighted by atomic mass is 9.99. The molecule has 0 heterocycles. The van der Waals surface area contributed by atoms with Gasteiger partial charge in [0, 0.05) is 0 Å². The second-order valence-corrected chi connectivity index (χ2v) is 16.1. The molecule has 0 bridgehead atoms. The molecule has 0 rings (SSSR count). The van der Waals surface area contributed by atoms with E-state index in [0.717, 1.165) is 51.4 Å². The van der Waals surface area contributed by atoms with E-state index in [1.165, 1.54) is 167 Å². The van der Waals surface area contributed by atoms with Crippen molar-refractivity contribution in [3.8, 4) is 0 Å². The third kappa shape index (κ3) is 34.8. The maximum atomic E-state index is 12.5. The van der Waals surface area contributed by atoms with E-state index < -0.39 is 36.9 Å². The van der Waals surface area contributed by atoms with E-state index in [-0.39, 0.29) is 0 Å². The predicted octanol–water partition coefficient (Wildman–Crippen LogP) is 12.2. The van der Waals surface area contributed by atoms with E-state index >= 15 is 0 Å². The third-order valence-corrected chi connectivity index (χ3v) is 11.0. The minimum absolute atomic E-state index is 0.371. The predicted molar refractivity (Wildman–Crippen MR) is 224 cm³/mol. The molecule has 6 heteroatoms. The van der Waals surface area contributed by atoms with Gasteiger partial charge in [-0.15, -0.1) is 0 Å². The van der Waals surface area contributed by atoms with Gasteiger partial charge in [0.1, 0.15) is 12.2 Å². The Balaban J connectivity index is 3.71. The number of unbranched alkanes of at least 4 members (excludes halogenated alkanes) is 31. The lowest BCUT2D eigenvalue weighted by Gasteiger charge is -2.27. The molecule has 0 aromatic heterocycles. The van der Waals surface area contributed by atoms with Crippen LogP contribution in [0, 0.1) is 0 Å². The Kier molecular flexibility index (Phi) is 40.5. The summed E-state index contributed by atoms with van der Waals surface area (Å²) in [6.07, 6.45) is 45.3. The van der Waals surface area contributed by atoms with Crippen LogP contribution in [-0.2, 0) is 4.79 Å². The number of nitrogens with one attached hydrogen (secondary N) is 1. The average Bonchev–Trinajstić information content (AvgIpc) is 3.15. The minimum Gasteiger partial charge on any atom is -0.394 e. The highest BCUT2D eigenvalue weighted by atomic mass is 16.3. The Bertz CT molecular complexity index is 746. The van der Waals surface area contributed by atoms with Crippen molar-refractivity contribution in [2.45, 2.75) is 269 Å². The number of amides is 1. The average molecular weight is 738 g/mol. The van der Waals surface area contributed by atoms with E-state index in [2.05, 4.69) is 31.3 Å². The first-order chi connectivity index (χ1) is 25.5. The Morgan fingerprint density at radius 1 is 0.462 bits per heavy atom. The van der Waals surface area contributed by atoms with Gasteiger partial charge in [-0.3, -0.25) is 4.79 Å². The summed E-state index contributed by atoms with van der Waals surface area (Å²) in [5.41, 5.74) is 0. The molecule has 4 unspecified atom stereocenters. The lowest BCUT2D eigenvalue weighted by molar-refractivity contribution is -0.132. The van der Waals surface area contributed by atoms with Crippen molar-refractivity contribution in [1.29, 1.82) is 0 Å². The van der Waals surface area contributed by atoms with Crippen LogP contribution in [0.4, 0.5) is 0 Å². The van der Waals surface area contributed by atoms with Crippen LogP contribution in [0.25, 0.3) is 0 Å². The highest BCUT2D eigenvalue weighted by molar-refractivity contribution is 5.80. The van der Waals surface area contributed by atoms with Crippen LogP contribution in [0.1, 0.15) is 245 Å². The number of aliphatic hydroxyl groups excluding tert-OH is 4. The van der Waals surface area contributed by atoms with Gasteiger partial charge in [0.25, 0.3) is 0 Å². The molecule has 0 aromatic rings. The standard InChI is InChI=1S/C46H91NO5/c1-3-5-7-9-11-13-15-17-19-21-22-23-24-26-28-30-32-34-36-38-40-44(50)46(52)47-42(41-48)45(51)43(49)39-37-35-33-31-29-27-25-20-18-16-14-12-10-8-6-4-2/h25,27,42-45,48-51H,3-24,26,28-41H2,1-2H3,(H,47,52). The summed E-state index contributed by atoms with van der Waals surface area (Å²) in [5.74, 6) is -0.585. The number of hydrogen-bond acceptors (Lipinski definition) is 5. The molecule has 0 aliphatic heterocycles. The maximum Gasteiger partial charge on any atom is 0.249 e. The topological polar surface area (TPSA) is 110 Å². The summed E-state index contributed by atoms with van der Waals surface area (Å²) in [5, 5.41) is 43.7. The molecule has 4 atom stereocenters. The molecule has 0 aliphatic carbocycles. The molecule has 0 aliphatic rings. The van der Waals surface area contributed by atoms with Crippen LogP contribution < -0.4 is 5.32 Å². The first-order valence-electron chi connectivity index (χ1n) is 23.1. The Labute approximate surface area is 323 Å². The molecule has 5 N–H and O–H groups in total. The second-order valence-electron chi connectivity index (χ2n) is 16.1. The molecule has 310 valence electrons. The molecule has 0 saturated heterocycles. The van der Waals surface area contributed by atoms with Crippen molar-refractivity contribution in [2.24, 2.45) is 0 Å². The van der Waals surface area contributed by atoms with E-state index in [1.807, 2.05) is 0 Å². The van der Waals surface area contributed by atoms with Crippen molar-refractivity contribution >= 4 is 5.91 Å². The fraction of sp³-hybridized carbons (Fsp3) is 0.935. The van der Waals surface area contributed by atoms with Crippen molar-refractivity contribution in [3.05, 3.63) is 12.2 Å². The van der Waals surface area contributed by atoms with E-state index in [0.29, 0.717) is 12.8 Å². The summed E-state index contributed by atoms with van der Waals surface area (Å²) in [6.45, 7) is 4.06. The zero-order valence-corrected chi connectivity index (χ0v) is 34.8. The molecule has 0 fully saturated rings. The first kappa shape index (κ1) is 51.0. The molecule has 1 amide bonds. The summed E-state index contributed by atoms with van der Waals surface area (Å²) in [6, 6.07) is -0.988. The number of rotatable bonds is 42. The SMILES string of the molecule is CCCCCCCCCCC=CCCCCCCC(O)C(O)C(CO)NC(=O)C(O)CCCCCCCCCCCCCCCCCCCCCC. The van der Waals surface area contributed by atoms with Gasteiger partial charge in [0.2, 0.25) is 5.91 Å². The van der Waals surface area contributed by atoms with Gasteiger partial charge in [-0.25, -0.2) is 0 Å². The molecular formula is C46H91NO5. The molecule has 0 spiro atoms. The Morgan fingerprint density at radius 2 is 0.769 bits per heavy atom. The summed E-state index contributed by atoms with van der Waals surface area (Å²) in [4.78, 5) is 12.5. The summed E-state index contributed by atoms with van der Waals surface area (Å²) in [7, 11) is 0. The van der Waals surface area contributed by atoms with Gasteiger partial charge in [-0.2, -0.15) is 0 Å². The van der Waals surface area contributed by atoms with Gasteiger partial charge in [0.15, 0.2) is 0 Å². The fourth-order valence-electron chi connectivity index (χ4n) is 7.28. The van der Waals surface area contributed by atoms with Crippen LogP contribution in [0.2, 0.25) is 0 Å². The number of allylic oxidation sites excluding steroid dienone is 2. The molecule has 0 saturated carbocycles. The van der Waals surface area contributed by atoms with Crippen molar-refractivity contribution in [3.63, 3.8) is 0 Å². The highest BCUT2D eigenvalue weighted by Crippen LogP contribution is 2.17. The monoisotopic (exact) mass is 738 g/mol. The molecular weight excluding hydrogens is 647 g/mol. The quantitative estimate of drug-likeness (QED) is 0.0316. The van der Waals surface area contributed by atoms with Gasteiger partial charge in [0.05, 0.1) is 18.8 Å². The van der Waals surface area contributed by atoms with Crippen LogP contribution in [-0.4, -0.2) is 57.3 Å². The summed E-state index contributed by atoms with van der Waals surface area (Å²) >= 11 is 0. The number of carbonyl (C=O) groups excluding carboxylic acids is 1. The molecule has 0 radical (unpaired) electrons. The molecule has 6 nitrogen and oxygen atoms in total. The zero-order chi connectivity index (χ0) is 38.2. The van der Waals surface area contributed by atoms with Gasteiger partial charge in [-0.1, -0.05) is 219 Å². The van der Waals surface area contributed by atoms with Crippen LogP contribution in [0.5, 0.6) is 0 Å². The fourth-order valence-corrected chi connectivity index (χ4v) is 7.28. The number of carbonyl (C=O) groups is 1. The van der Waals surface area contributed by atoms with Crippen molar-refractivity contribution < 1.29 is 25.2 Å². The van der Waals surface area contributed by atoms with E-state index in [1.54, 1.807) is 0 Å². The largest absolute Gasteiger partial charge is 0.394 e. The normalized spacial score (nSPS) is 14.2. The van der Waals surface area contributed by atoms with Crippen molar-refractivity contribution in [2.75, 3.05) is 6.61 Å². The first-order valence-corrected chi connectivity index (χ1v) is 23.1. The van der Waals surface area contributed by atoms with Gasteiger partial charge < -0.3 is 25.7 Å². The lowest BCUT2D eigenvalue weighted by Crippen LogP contribution is -2.53. The Morgan fingerprint density at radius 3 is 1.12 bits per heavy atom. The van der Waals surface area contributed by atoms with Gasteiger partial charge in [-0.05, 0) is 38.5 Å². The molecule has 0 aromatic carbocycles. The van der Waals surface area contributed by atoms with Crippen LogP contribution in [0.3, 0.4) is 0 Å². The Hall–Kier alpha value is -0.950. The van der Waals surface area contributed by atoms with Gasteiger partial charge >= 0.3 is 0 Å². The zero-order valence-electron chi connectivity index (χ0n) is 34.8. The minimum atomic E-state index is -1.26. The number of aliphatic hydroxyl groups is 4. The van der Waals surface area contributed by atoms with Crippen LogP contribution in [0.15, 0.2) is 12.2 Å².